The van der Waals surface area contributed by atoms with Crippen LogP contribution in [0, 0.1) is 11.3 Å². The van der Waals surface area contributed by atoms with Gasteiger partial charge < -0.3 is 9.32 Å². The minimum Gasteiger partial charge on any atom is -0.388 e. The standard InChI is InChI=1S/C10H10Cl3N3O2/c1-3-16(4-2)9-15-7(10(11,12)13)6(5-14)8(17)18-9/h3-4H2,1-2H3. The summed E-state index contributed by atoms with van der Waals surface area (Å²) in [6.07, 6.45) is 0. The van der Waals surface area contributed by atoms with Crippen LogP contribution in [0.4, 0.5) is 6.01 Å². The molecule has 0 N–H and O–H groups in total. The van der Waals surface area contributed by atoms with E-state index in [9.17, 15) is 4.79 Å². The molecule has 8 heteroatoms. The van der Waals surface area contributed by atoms with Gasteiger partial charge in [0.1, 0.15) is 11.8 Å². The van der Waals surface area contributed by atoms with Crippen LogP contribution < -0.4 is 10.5 Å². The van der Waals surface area contributed by atoms with E-state index in [0.717, 1.165) is 0 Å². The number of hydrogen-bond donors (Lipinski definition) is 0. The summed E-state index contributed by atoms with van der Waals surface area (Å²) in [5.41, 5.74) is -1.48. The second kappa shape index (κ2) is 5.79. The van der Waals surface area contributed by atoms with E-state index in [1.54, 1.807) is 11.0 Å². The van der Waals surface area contributed by atoms with Crippen molar-refractivity contribution < 1.29 is 4.42 Å². The predicted octanol–water partition coefficient (Wildman–Crippen LogP) is 2.58. The average molecular weight is 311 g/mol. The first-order valence-electron chi connectivity index (χ1n) is 5.12. The van der Waals surface area contributed by atoms with Crippen LogP contribution in [0.25, 0.3) is 0 Å². The zero-order valence-corrected chi connectivity index (χ0v) is 12.0. The molecule has 0 saturated carbocycles. The molecule has 0 aliphatic rings. The van der Waals surface area contributed by atoms with E-state index in [4.69, 9.17) is 44.5 Å². The molecule has 0 fully saturated rings. The van der Waals surface area contributed by atoms with Crippen molar-refractivity contribution >= 4 is 40.8 Å². The van der Waals surface area contributed by atoms with Gasteiger partial charge in [-0.05, 0) is 13.8 Å². The van der Waals surface area contributed by atoms with Gasteiger partial charge in [-0.15, -0.1) is 0 Å². The molecule has 0 atom stereocenters. The molecule has 0 aliphatic heterocycles. The Morgan fingerprint density at radius 2 is 1.94 bits per heavy atom. The monoisotopic (exact) mass is 309 g/mol. The Morgan fingerprint density at radius 1 is 1.39 bits per heavy atom. The lowest BCUT2D eigenvalue weighted by molar-refractivity contribution is 0.474. The summed E-state index contributed by atoms with van der Waals surface area (Å²) >= 11 is 17.1. The lowest BCUT2D eigenvalue weighted by Crippen LogP contribution is -2.27. The molecule has 1 aromatic rings. The fourth-order valence-corrected chi connectivity index (χ4v) is 1.75. The average Bonchev–Trinajstić information content (AvgIpc) is 2.28. The third kappa shape index (κ3) is 3.08. The first-order valence-corrected chi connectivity index (χ1v) is 6.25. The maximum atomic E-state index is 11.6. The Hall–Kier alpha value is -0.960. The van der Waals surface area contributed by atoms with Crippen molar-refractivity contribution in [1.82, 2.24) is 4.98 Å². The molecule has 0 bridgehead atoms. The zero-order chi connectivity index (χ0) is 13.9. The molecular formula is C10H10Cl3N3O2. The van der Waals surface area contributed by atoms with Gasteiger partial charge in [-0.3, -0.25) is 0 Å². The van der Waals surface area contributed by atoms with Gasteiger partial charge in [-0.1, -0.05) is 34.8 Å². The Morgan fingerprint density at radius 3 is 2.33 bits per heavy atom. The highest BCUT2D eigenvalue weighted by atomic mass is 35.6. The van der Waals surface area contributed by atoms with E-state index < -0.39 is 15.0 Å². The summed E-state index contributed by atoms with van der Waals surface area (Å²) in [5, 5.41) is 8.87. The van der Waals surface area contributed by atoms with Gasteiger partial charge in [-0.25, -0.2) is 4.79 Å². The summed E-state index contributed by atoms with van der Waals surface area (Å²) in [6, 6.07) is 1.66. The quantitative estimate of drug-likeness (QED) is 0.803. The second-order valence-electron chi connectivity index (χ2n) is 3.29. The molecule has 0 amide bonds. The SMILES string of the molecule is CCN(CC)c1nc(C(Cl)(Cl)Cl)c(C#N)c(=O)o1. The van der Waals surface area contributed by atoms with Crippen LogP contribution >= 0.6 is 34.8 Å². The van der Waals surface area contributed by atoms with Crippen molar-refractivity contribution in [1.29, 1.82) is 5.26 Å². The molecule has 0 spiro atoms. The van der Waals surface area contributed by atoms with Crippen LogP contribution in [0.1, 0.15) is 25.1 Å². The van der Waals surface area contributed by atoms with E-state index in [2.05, 4.69) is 4.98 Å². The van der Waals surface area contributed by atoms with E-state index >= 15 is 0 Å². The van der Waals surface area contributed by atoms with Crippen molar-refractivity contribution in [2.45, 2.75) is 17.6 Å². The zero-order valence-electron chi connectivity index (χ0n) is 9.71. The van der Waals surface area contributed by atoms with Crippen LogP contribution in [0.15, 0.2) is 9.21 Å². The topological polar surface area (TPSA) is 70.1 Å². The number of rotatable bonds is 3. The lowest BCUT2D eigenvalue weighted by Gasteiger charge is -2.19. The Kier molecular flexibility index (Phi) is 4.85. The fourth-order valence-electron chi connectivity index (χ4n) is 1.34. The Bertz CT molecular complexity index is 527. The summed E-state index contributed by atoms with van der Waals surface area (Å²) in [4.78, 5) is 17.3. The van der Waals surface area contributed by atoms with Crippen molar-refractivity contribution in [2.24, 2.45) is 0 Å². The molecule has 0 unspecified atom stereocenters. The van der Waals surface area contributed by atoms with Crippen LogP contribution in [-0.4, -0.2) is 18.1 Å². The fraction of sp³-hybridized carbons (Fsp3) is 0.500. The molecular weight excluding hydrogens is 300 g/mol. The summed E-state index contributed by atoms with van der Waals surface area (Å²) in [7, 11) is 0. The summed E-state index contributed by atoms with van der Waals surface area (Å²) < 4.78 is 2.98. The van der Waals surface area contributed by atoms with Gasteiger partial charge in [-0.2, -0.15) is 10.2 Å². The van der Waals surface area contributed by atoms with Crippen molar-refractivity contribution in [3.63, 3.8) is 0 Å². The number of hydrogen-bond acceptors (Lipinski definition) is 5. The van der Waals surface area contributed by atoms with Gasteiger partial charge in [0, 0.05) is 13.1 Å². The van der Waals surface area contributed by atoms with Crippen LogP contribution in [0.2, 0.25) is 0 Å². The molecule has 18 heavy (non-hydrogen) atoms. The van der Waals surface area contributed by atoms with Crippen molar-refractivity contribution in [3.8, 4) is 6.07 Å². The van der Waals surface area contributed by atoms with Gasteiger partial charge in [0.05, 0.1) is 0 Å². The van der Waals surface area contributed by atoms with Crippen LogP contribution in [-0.2, 0) is 3.79 Å². The molecule has 0 radical (unpaired) electrons. The number of nitrogens with zero attached hydrogens (tertiary/aromatic N) is 3. The lowest BCUT2D eigenvalue weighted by atomic mass is 10.3. The van der Waals surface area contributed by atoms with E-state index in [0.29, 0.717) is 13.1 Å². The van der Waals surface area contributed by atoms with Crippen LogP contribution in [0.3, 0.4) is 0 Å². The van der Waals surface area contributed by atoms with Gasteiger partial charge in [0.2, 0.25) is 3.79 Å². The summed E-state index contributed by atoms with van der Waals surface area (Å²) in [5.74, 6) is 0. The summed E-state index contributed by atoms with van der Waals surface area (Å²) in [6.45, 7) is 4.85. The molecule has 98 valence electrons. The van der Waals surface area contributed by atoms with Gasteiger partial charge >= 0.3 is 11.6 Å². The van der Waals surface area contributed by atoms with Gasteiger partial charge in [0.25, 0.3) is 0 Å². The smallest absolute Gasteiger partial charge is 0.358 e. The van der Waals surface area contributed by atoms with Crippen molar-refractivity contribution in [2.75, 3.05) is 18.0 Å². The number of alkyl halides is 3. The molecule has 0 aliphatic carbocycles. The Balaban J connectivity index is 3.51. The highest BCUT2D eigenvalue weighted by Crippen LogP contribution is 2.38. The van der Waals surface area contributed by atoms with E-state index in [1.165, 1.54) is 0 Å². The number of aromatic nitrogens is 1. The minimum atomic E-state index is -1.96. The largest absolute Gasteiger partial charge is 0.388 e. The maximum absolute atomic E-state index is 11.6. The molecule has 5 nitrogen and oxygen atoms in total. The third-order valence-corrected chi connectivity index (χ3v) is 2.78. The van der Waals surface area contributed by atoms with Gasteiger partial charge in [0.15, 0.2) is 5.56 Å². The molecule has 0 saturated heterocycles. The van der Waals surface area contributed by atoms with Crippen molar-refractivity contribution in [3.05, 3.63) is 21.7 Å². The number of anilines is 1. The second-order valence-corrected chi connectivity index (χ2v) is 5.57. The first-order chi connectivity index (χ1) is 8.35. The highest BCUT2D eigenvalue weighted by molar-refractivity contribution is 6.66. The highest BCUT2D eigenvalue weighted by Gasteiger charge is 2.32. The maximum Gasteiger partial charge on any atom is 0.358 e. The number of halogens is 3. The normalized spacial score (nSPS) is 11.1. The van der Waals surface area contributed by atoms with E-state index in [1.807, 2.05) is 13.8 Å². The van der Waals surface area contributed by atoms with E-state index in [-0.39, 0.29) is 11.7 Å². The first kappa shape index (κ1) is 15.1. The predicted molar refractivity (Wildman–Crippen MR) is 70.3 cm³/mol. The molecule has 1 heterocycles. The Labute approximate surface area is 119 Å². The molecule has 1 aromatic heterocycles. The third-order valence-electron chi connectivity index (χ3n) is 2.25. The van der Waals surface area contributed by atoms with Crippen LogP contribution in [0.5, 0.6) is 0 Å². The minimum absolute atomic E-state index is 0.0327. The molecule has 1 rings (SSSR count). The number of nitriles is 1. The molecule has 0 aromatic carbocycles.